The van der Waals surface area contributed by atoms with Gasteiger partial charge in [0.15, 0.2) is 11.6 Å². The molecule has 5 nitrogen and oxygen atoms in total. The number of halogens is 1. The highest BCUT2D eigenvalue weighted by Gasteiger charge is 2.15. The van der Waals surface area contributed by atoms with Crippen molar-refractivity contribution in [1.82, 2.24) is 4.90 Å². The first-order chi connectivity index (χ1) is 13.2. The third kappa shape index (κ3) is 5.55. The zero-order chi connectivity index (χ0) is 20.8. The second-order valence-corrected chi connectivity index (χ2v) is 7.04. The fraction of sp³-hybridized carbons (Fsp3) is 0.364. The topological polar surface area (TPSA) is 58.6 Å². The predicted molar refractivity (Wildman–Crippen MR) is 108 cm³/mol. The molecule has 150 valence electrons. The number of carbonyl (C=O) groups excluding carboxylic acids is 2. The summed E-state index contributed by atoms with van der Waals surface area (Å²) in [7, 11) is 2.99. The molecule has 2 rings (SSSR count). The Hall–Kier alpha value is -2.89. The molecule has 1 N–H and O–H groups in total. The Bertz CT molecular complexity index is 857. The second-order valence-electron chi connectivity index (χ2n) is 7.04. The number of nitrogens with one attached hydrogen (secondary N) is 1. The number of rotatable bonds is 7. The molecule has 0 unspecified atom stereocenters. The summed E-state index contributed by atoms with van der Waals surface area (Å²) >= 11 is 0. The lowest BCUT2D eigenvalue weighted by molar-refractivity contribution is -0.133. The molecule has 0 aromatic heterocycles. The van der Waals surface area contributed by atoms with Gasteiger partial charge in [-0.1, -0.05) is 23.8 Å². The molecule has 2 aromatic carbocycles. The molecule has 0 spiro atoms. The van der Waals surface area contributed by atoms with Crippen LogP contribution in [0, 0.1) is 26.6 Å². The highest BCUT2D eigenvalue weighted by molar-refractivity contribution is 5.95. The van der Waals surface area contributed by atoms with Gasteiger partial charge in [0.1, 0.15) is 0 Å². The van der Waals surface area contributed by atoms with Crippen LogP contribution in [0.3, 0.4) is 0 Å². The van der Waals surface area contributed by atoms with Crippen LogP contribution in [0.2, 0.25) is 0 Å². The van der Waals surface area contributed by atoms with E-state index in [1.807, 2.05) is 32.9 Å². The molecule has 6 heteroatoms. The minimum Gasteiger partial charge on any atom is -0.494 e. The Kier molecular flexibility index (Phi) is 7.15. The number of anilines is 1. The van der Waals surface area contributed by atoms with E-state index in [1.165, 1.54) is 18.1 Å². The van der Waals surface area contributed by atoms with Crippen molar-refractivity contribution in [3.63, 3.8) is 0 Å². The highest BCUT2D eigenvalue weighted by atomic mass is 19.1. The van der Waals surface area contributed by atoms with Crippen LogP contribution in [0.5, 0.6) is 5.75 Å². The molecule has 0 saturated heterocycles. The molecule has 2 aromatic rings. The molecule has 28 heavy (non-hydrogen) atoms. The Balaban J connectivity index is 1.89. The fourth-order valence-corrected chi connectivity index (χ4v) is 3.17. The molecule has 0 aliphatic carbocycles. The third-order valence-corrected chi connectivity index (χ3v) is 4.59. The lowest BCUT2D eigenvalue weighted by atomic mass is 10.1. The van der Waals surface area contributed by atoms with Gasteiger partial charge in [-0.3, -0.25) is 9.59 Å². The number of hydrogen-bond donors (Lipinski definition) is 1. The Morgan fingerprint density at radius 3 is 2.32 bits per heavy atom. The number of benzene rings is 2. The Labute approximate surface area is 165 Å². The van der Waals surface area contributed by atoms with Crippen molar-refractivity contribution in [2.45, 2.75) is 33.6 Å². The average molecular weight is 386 g/mol. The summed E-state index contributed by atoms with van der Waals surface area (Å²) in [6.07, 6.45) is 0.583. The third-order valence-electron chi connectivity index (χ3n) is 4.59. The quantitative estimate of drug-likeness (QED) is 0.788. The van der Waals surface area contributed by atoms with Crippen LogP contribution in [0.25, 0.3) is 0 Å². The van der Waals surface area contributed by atoms with Crippen molar-refractivity contribution in [2.24, 2.45) is 0 Å². The molecule has 0 aliphatic heterocycles. The van der Waals surface area contributed by atoms with Gasteiger partial charge in [-0.2, -0.15) is 0 Å². The van der Waals surface area contributed by atoms with E-state index in [0.717, 1.165) is 22.4 Å². The van der Waals surface area contributed by atoms with Gasteiger partial charge in [0.25, 0.3) is 0 Å². The maximum Gasteiger partial charge on any atom is 0.243 e. The monoisotopic (exact) mass is 386 g/mol. The van der Waals surface area contributed by atoms with Gasteiger partial charge in [-0.15, -0.1) is 0 Å². The van der Waals surface area contributed by atoms with Crippen LogP contribution in [0.1, 0.15) is 28.7 Å². The van der Waals surface area contributed by atoms with E-state index in [1.54, 1.807) is 19.2 Å². The van der Waals surface area contributed by atoms with Crippen LogP contribution in [-0.4, -0.2) is 37.4 Å². The summed E-state index contributed by atoms with van der Waals surface area (Å²) in [5.41, 5.74) is 4.60. The minimum atomic E-state index is -0.455. The van der Waals surface area contributed by atoms with E-state index < -0.39 is 5.82 Å². The van der Waals surface area contributed by atoms with Gasteiger partial charge in [0, 0.05) is 19.2 Å². The van der Waals surface area contributed by atoms with Crippen molar-refractivity contribution < 1.29 is 18.7 Å². The van der Waals surface area contributed by atoms with Crippen molar-refractivity contribution in [2.75, 3.05) is 26.0 Å². The van der Waals surface area contributed by atoms with Gasteiger partial charge < -0.3 is 15.0 Å². The predicted octanol–water partition coefficient (Wildman–Crippen LogP) is 3.79. The fourth-order valence-electron chi connectivity index (χ4n) is 3.17. The molecular weight excluding hydrogens is 359 g/mol. The van der Waals surface area contributed by atoms with Crippen LogP contribution >= 0.6 is 0 Å². The smallest absolute Gasteiger partial charge is 0.243 e. The first-order valence-corrected chi connectivity index (χ1v) is 9.15. The van der Waals surface area contributed by atoms with Gasteiger partial charge in [-0.05, 0) is 56.0 Å². The van der Waals surface area contributed by atoms with Crippen LogP contribution < -0.4 is 10.1 Å². The van der Waals surface area contributed by atoms with Crippen molar-refractivity contribution in [3.05, 3.63) is 58.4 Å². The first-order valence-electron chi connectivity index (χ1n) is 9.15. The Morgan fingerprint density at radius 1 is 1.11 bits per heavy atom. The summed E-state index contributed by atoms with van der Waals surface area (Å²) in [6, 6.07) is 8.64. The molecule has 0 atom stereocenters. The van der Waals surface area contributed by atoms with Crippen LogP contribution in [0.15, 0.2) is 30.3 Å². The van der Waals surface area contributed by atoms with E-state index in [0.29, 0.717) is 12.0 Å². The number of hydrogen-bond acceptors (Lipinski definition) is 3. The van der Waals surface area contributed by atoms with E-state index in [2.05, 4.69) is 5.32 Å². The molecule has 0 saturated carbocycles. The average Bonchev–Trinajstić information content (AvgIpc) is 2.62. The SMILES string of the molecule is COc1ccc(CCC(=O)N(C)CC(=O)Nc2c(C)cc(C)cc2C)cc1F. The van der Waals surface area contributed by atoms with E-state index in [4.69, 9.17) is 4.74 Å². The minimum absolute atomic E-state index is 0.0391. The highest BCUT2D eigenvalue weighted by Crippen LogP contribution is 2.22. The summed E-state index contributed by atoms with van der Waals surface area (Å²) in [5, 5.41) is 2.89. The van der Waals surface area contributed by atoms with Crippen molar-refractivity contribution in [1.29, 1.82) is 0 Å². The summed E-state index contributed by atoms with van der Waals surface area (Å²) in [5.74, 6) is -0.709. The molecule has 0 heterocycles. The molecule has 2 amide bonds. The van der Waals surface area contributed by atoms with E-state index in [-0.39, 0.29) is 30.5 Å². The van der Waals surface area contributed by atoms with Crippen molar-refractivity contribution in [3.8, 4) is 5.75 Å². The molecular formula is C22H27FN2O3. The Morgan fingerprint density at radius 2 is 1.75 bits per heavy atom. The normalized spacial score (nSPS) is 10.5. The number of aryl methyl sites for hydroxylation is 4. The van der Waals surface area contributed by atoms with Gasteiger partial charge in [0.05, 0.1) is 13.7 Å². The molecule has 0 radical (unpaired) electrons. The number of carbonyl (C=O) groups is 2. The van der Waals surface area contributed by atoms with Gasteiger partial charge >= 0.3 is 0 Å². The standard InChI is InChI=1S/C22H27FN2O3/c1-14-10-15(2)22(16(3)11-14)24-20(26)13-25(4)21(27)9-7-17-6-8-19(28-5)18(23)12-17/h6,8,10-12H,7,9,13H2,1-5H3,(H,24,26). The number of likely N-dealkylation sites (N-methyl/N-ethyl adjacent to an activating group) is 1. The number of methoxy groups -OCH3 is 1. The first kappa shape index (κ1) is 21.4. The largest absolute Gasteiger partial charge is 0.494 e. The van der Waals surface area contributed by atoms with E-state index >= 15 is 0 Å². The van der Waals surface area contributed by atoms with Gasteiger partial charge in [-0.25, -0.2) is 4.39 Å². The molecule has 0 bridgehead atoms. The lowest BCUT2D eigenvalue weighted by Gasteiger charge is -2.18. The zero-order valence-electron chi connectivity index (χ0n) is 17.1. The summed E-state index contributed by atoms with van der Waals surface area (Å²) in [4.78, 5) is 26.0. The maximum absolute atomic E-state index is 13.7. The number of ether oxygens (including phenoxy) is 1. The van der Waals surface area contributed by atoms with Crippen LogP contribution in [0.4, 0.5) is 10.1 Å². The summed E-state index contributed by atoms with van der Waals surface area (Å²) in [6.45, 7) is 5.85. The van der Waals surface area contributed by atoms with Crippen LogP contribution in [-0.2, 0) is 16.0 Å². The van der Waals surface area contributed by atoms with Crippen molar-refractivity contribution >= 4 is 17.5 Å². The maximum atomic E-state index is 13.7. The number of amides is 2. The van der Waals surface area contributed by atoms with Gasteiger partial charge in [0.2, 0.25) is 11.8 Å². The van der Waals surface area contributed by atoms with E-state index in [9.17, 15) is 14.0 Å². The second kappa shape index (κ2) is 9.35. The summed E-state index contributed by atoms with van der Waals surface area (Å²) < 4.78 is 18.6. The molecule has 0 fully saturated rings. The number of nitrogens with zero attached hydrogens (tertiary/aromatic N) is 1. The molecule has 0 aliphatic rings. The lowest BCUT2D eigenvalue weighted by Crippen LogP contribution is -2.35. The zero-order valence-corrected chi connectivity index (χ0v) is 17.1.